The summed E-state index contributed by atoms with van der Waals surface area (Å²) < 4.78 is 0. The number of nitrogens with zero attached hydrogens (tertiary/aromatic N) is 1. The maximum Gasteiger partial charge on any atom is 0.0393 e. The van der Waals surface area contributed by atoms with E-state index in [1.807, 2.05) is 0 Å². The van der Waals surface area contributed by atoms with Crippen LogP contribution in [-0.2, 0) is 0 Å². The van der Waals surface area contributed by atoms with E-state index >= 15 is 0 Å². The molecule has 0 spiro atoms. The maximum absolute atomic E-state index is 3.61. The summed E-state index contributed by atoms with van der Waals surface area (Å²) in [7, 11) is 4.35. The Balaban J connectivity index is 1.95. The first-order valence-electron chi connectivity index (χ1n) is 7.63. The molecule has 1 aliphatic carbocycles. The van der Waals surface area contributed by atoms with Crippen molar-refractivity contribution in [2.75, 3.05) is 25.5 Å². The molecular formula is C17H28N2. The molecule has 0 atom stereocenters. The van der Waals surface area contributed by atoms with Crippen molar-refractivity contribution >= 4 is 5.69 Å². The van der Waals surface area contributed by atoms with Crippen molar-refractivity contribution in [2.45, 2.75) is 51.0 Å². The fourth-order valence-corrected chi connectivity index (χ4v) is 3.35. The molecule has 0 unspecified atom stereocenters. The summed E-state index contributed by atoms with van der Waals surface area (Å²) in [5.41, 5.74) is 3.12. The summed E-state index contributed by atoms with van der Waals surface area (Å²) in [5, 5.41) is 3.61. The highest BCUT2D eigenvalue weighted by Crippen LogP contribution is 2.31. The first-order valence-corrected chi connectivity index (χ1v) is 7.63. The number of benzene rings is 1. The van der Waals surface area contributed by atoms with E-state index < -0.39 is 0 Å². The van der Waals surface area contributed by atoms with Crippen molar-refractivity contribution < 1.29 is 0 Å². The van der Waals surface area contributed by atoms with Gasteiger partial charge in [-0.2, -0.15) is 0 Å². The van der Waals surface area contributed by atoms with Gasteiger partial charge in [0, 0.05) is 24.8 Å². The van der Waals surface area contributed by atoms with Gasteiger partial charge in [0.05, 0.1) is 0 Å². The van der Waals surface area contributed by atoms with Crippen LogP contribution in [-0.4, -0.2) is 26.2 Å². The molecule has 0 saturated heterocycles. The fourth-order valence-electron chi connectivity index (χ4n) is 3.35. The van der Waals surface area contributed by atoms with Gasteiger partial charge in [0.2, 0.25) is 0 Å². The van der Waals surface area contributed by atoms with Gasteiger partial charge in [0.15, 0.2) is 0 Å². The highest BCUT2D eigenvalue weighted by molar-refractivity contribution is 5.52. The number of hydrogen-bond acceptors (Lipinski definition) is 2. The number of nitrogens with one attached hydrogen (secondary N) is 1. The minimum Gasteiger partial charge on any atom is -0.374 e. The Morgan fingerprint density at radius 1 is 1.16 bits per heavy atom. The summed E-state index contributed by atoms with van der Waals surface area (Å²) in [6.45, 7) is 3.33. The van der Waals surface area contributed by atoms with E-state index in [0.29, 0.717) is 5.54 Å². The molecule has 0 radical (unpaired) electrons. The number of para-hydroxylation sites is 1. The Bertz CT molecular complexity index is 394. The molecule has 0 amide bonds. The molecule has 0 aromatic heterocycles. The molecule has 1 aromatic rings. The number of anilines is 1. The van der Waals surface area contributed by atoms with Gasteiger partial charge in [-0.1, -0.05) is 37.5 Å². The van der Waals surface area contributed by atoms with Crippen LogP contribution in [0.25, 0.3) is 0 Å². The molecule has 1 aliphatic rings. The smallest absolute Gasteiger partial charge is 0.0393 e. The van der Waals surface area contributed by atoms with E-state index in [0.717, 1.165) is 6.54 Å². The van der Waals surface area contributed by atoms with Crippen LogP contribution in [0.5, 0.6) is 0 Å². The molecule has 2 heteroatoms. The van der Waals surface area contributed by atoms with Crippen molar-refractivity contribution in [1.29, 1.82) is 0 Å². The molecule has 19 heavy (non-hydrogen) atoms. The summed E-state index contributed by atoms with van der Waals surface area (Å²) in [4.78, 5) is 2.41. The Hall–Kier alpha value is -1.02. The zero-order chi connectivity index (χ0) is 13.7. The highest BCUT2D eigenvalue weighted by Gasteiger charge is 2.30. The topological polar surface area (TPSA) is 15.3 Å². The van der Waals surface area contributed by atoms with Crippen molar-refractivity contribution in [3.63, 3.8) is 0 Å². The third kappa shape index (κ3) is 3.50. The van der Waals surface area contributed by atoms with E-state index in [9.17, 15) is 0 Å². The van der Waals surface area contributed by atoms with Crippen LogP contribution < -0.4 is 10.2 Å². The SMILES string of the molecule is CNC1(CCN(C)c2ccccc2C)CCCCC1. The van der Waals surface area contributed by atoms with Gasteiger partial charge in [-0.05, 0) is 44.9 Å². The molecule has 1 fully saturated rings. The predicted molar refractivity (Wildman–Crippen MR) is 83.9 cm³/mol. The van der Waals surface area contributed by atoms with Crippen molar-refractivity contribution in [1.82, 2.24) is 5.32 Å². The van der Waals surface area contributed by atoms with Crippen LogP contribution in [0.3, 0.4) is 0 Å². The summed E-state index contributed by atoms with van der Waals surface area (Å²) in [5.74, 6) is 0. The second-order valence-electron chi connectivity index (χ2n) is 6.05. The quantitative estimate of drug-likeness (QED) is 0.867. The van der Waals surface area contributed by atoms with E-state index in [1.165, 1.54) is 49.8 Å². The number of hydrogen-bond donors (Lipinski definition) is 1. The molecular weight excluding hydrogens is 232 g/mol. The fraction of sp³-hybridized carbons (Fsp3) is 0.647. The molecule has 0 bridgehead atoms. The Morgan fingerprint density at radius 2 is 1.84 bits per heavy atom. The first-order chi connectivity index (χ1) is 9.17. The maximum atomic E-state index is 3.61. The Kier molecular flexibility index (Phi) is 4.87. The summed E-state index contributed by atoms with van der Waals surface area (Å²) >= 11 is 0. The Morgan fingerprint density at radius 3 is 2.47 bits per heavy atom. The third-order valence-electron chi connectivity index (χ3n) is 4.79. The van der Waals surface area contributed by atoms with Crippen LogP contribution in [0.1, 0.15) is 44.1 Å². The average molecular weight is 260 g/mol. The van der Waals surface area contributed by atoms with Crippen LogP contribution >= 0.6 is 0 Å². The molecule has 1 saturated carbocycles. The van der Waals surface area contributed by atoms with Crippen molar-refractivity contribution in [2.24, 2.45) is 0 Å². The van der Waals surface area contributed by atoms with Gasteiger partial charge >= 0.3 is 0 Å². The second-order valence-corrected chi connectivity index (χ2v) is 6.05. The van der Waals surface area contributed by atoms with Crippen LogP contribution in [0.2, 0.25) is 0 Å². The van der Waals surface area contributed by atoms with Gasteiger partial charge in [-0.15, -0.1) is 0 Å². The minimum absolute atomic E-state index is 0.384. The van der Waals surface area contributed by atoms with Crippen molar-refractivity contribution in [3.8, 4) is 0 Å². The molecule has 0 aliphatic heterocycles. The highest BCUT2D eigenvalue weighted by atomic mass is 15.1. The molecule has 0 heterocycles. The molecule has 1 N–H and O–H groups in total. The average Bonchev–Trinajstić information content (AvgIpc) is 2.46. The predicted octanol–water partition coefficient (Wildman–Crippen LogP) is 3.74. The minimum atomic E-state index is 0.384. The van der Waals surface area contributed by atoms with E-state index in [-0.39, 0.29) is 0 Å². The van der Waals surface area contributed by atoms with Gasteiger partial charge in [0.25, 0.3) is 0 Å². The van der Waals surface area contributed by atoms with Gasteiger partial charge < -0.3 is 10.2 Å². The summed E-state index contributed by atoms with van der Waals surface area (Å²) in [6.07, 6.45) is 8.10. The van der Waals surface area contributed by atoms with Crippen LogP contribution in [0.15, 0.2) is 24.3 Å². The van der Waals surface area contributed by atoms with Crippen molar-refractivity contribution in [3.05, 3.63) is 29.8 Å². The van der Waals surface area contributed by atoms with E-state index in [2.05, 4.69) is 55.5 Å². The lowest BCUT2D eigenvalue weighted by atomic mass is 9.79. The summed E-state index contributed by atoms with van der Waals surface area (Å²) in [6, 6.07) is 8.67. The van der Waals surface area contributed by atoms with Gasteiger partial charge in [-0.25, -0.2) is 0 Å². The monoisotopic (exact) mass is 260 g/mol. The lowest BCUT2D eigenvalue weighted by Crippen LogP contribution is -2.46. The normalized spacial score (nSPS) is 18.3. The van der Waals surface area contributed by atoms with E-state index in [1.54, 1.807) is 0 Å². The molecule has 2 rings (SSSR count). The largest absolute Gasteiger partial charge is 0.374 e. The van der Waals surface area contributed by atoms with Crippen LogP contribution in [0, 0.1) is 6.92 Å². The zero-order valence-corrected chi connectivity index (χ0v) is 12.7. The van der Waals surface area contributed by atoms with E-state index in [4.69, 9.17) is 0 Å². The lowest BCUT2D eigenvalue weighted by molar-refractivity contribution is 0.233. The zero-order valence-electron chi connectivity index (χ0n) is 12.7. The Labute approximate surface area is 118 Å². The van der Waals surface area contributed by atoms with Gasteiger partial charge in [0.1, 0.15) is 0 Å². The molecule has 106 valence electrons. The third-order valence-corrected chi connectivity index (χ3v) is 4.79. The number of rotatable bonds is 5. The standard InChI is InChI=1S/C17H28N2/c1-15-9-5-6-10-16(15)19(3)14-13-17(18-2)11-7-4-8-12-17/h5-6,9-10,18H,4,7-8,11-14H2,1-3H3. The lowest BCUT2D eigenvalue weighted by Gasteiger charge is -2.38. The first kappa shape index (κ1) is 14.4. The number of aryl methyl sites for hydroxylation is 1. The van der Waals surface area contributed by atoms with Gasteiger partial charge in [-0.3, -0.25) is 0 Å². The molecule has 2 nitrogen and oxygen atoms in total. The second kappa shape index (κ2) is 6.42. The van der Waals surface area contributed by atoms with Crippen LogP contribution in [0.4, 0.5) is 5.69 Å². The molecule has 1 aromatic carbocycles.